The Morgan fingerprint density at radius 1 is 1.06 bits per heavy atom. The van der Waals surface area contributed by atoms with Crippen LogP contribution in [-0.2, 0) is 0 Å². The monoisotopic (exact) mass is 224 g/mol. The van der Waals surface area contributed by atoms with Crippen molar-refractivity contribution in [2.24, 2.45) is 0 Å². The van der Waals surface area contributed by atoms with E-state index < -0.39 is 0 Å². The molecule has 2 heterocycles. The fourth-order valence-corrected chi connectivity index (χ4v) is 2.39. The number of hydrogen-bond acceptors (Lipinski definition) is 2. The summed E-state index contributed by atoms with van der Waals surface area (Å²) in [5.74, 6) is 0. The quantitative estimate of drug-likeness (QED) is 0.847. The molecule has 0 spiro atoms. The van der Waals surface area contributed by atoms with E-state index in [1.54, 1.807) is 0 Å². The molecule has 1 N–H and O–H groups in total. The summed E-state index contributed by atoms with van der Waals surface area (Å²) >= 11 is 0. The van der Waals surface area contributed by atoms with Crippen molar-refractivity contribution in [3.8, 4) is 11.1 Å². The van der Waals surface area contributed by atoms with Gasteiger partial charge in [-0.05, 0) is 42.6 Å². The molecule has 1 atom stereocenters. The summed E-state index contributed by atoms with van der Waals surface area (Å²) in [6.07, 6.45) is 4.37. The van der Waals surface area contributed by atoms with Gasteiger partial charge in [-0.2, -0.15) is 0 Å². The minimum Gasteiger partial charge on any atom is -0.309 e. The lowest BCUT2D eigenvalue weighted by molar-refractivity contribution is 0.628. The second-order valence-corrected chi connectivity index (χ2v) is 4.48. The van der Waals surface area contributed by atoms with Crippen molar-refractivity contribution in [1.82, 2.24) is 10.3 Å². The van der Waals surface area contributed by atoms with Crippen LogP contribution in [0.25, 0.3) is 11.1 Å². The van der Waals surface area contributed by atoms with Crippen molar-refractivity contribution in [2.75, 3.05) is 6.54 Å². The minimum absolute atomic E-state index is 0.443. The van der Waals surface area contributed by atoms with E-state index in [9.17, 15) is 0 Å². The molecule has 2 heteroatoms. The average Bonchev–Trinajstić information content (AvgIpc) is 2.94. The molecule has 1 aliphatic heterocycles. The van der Waals surface area contributed by atoms with E-state index in [4.69, 9.17) is 0 Å². The Hall–Kier alpha value is -1.67. The van der Waals surface area contributed by atoms with Crippen LogP contribution < -0.4 is 5.32 Å². The Kier molecular flexibility index (Phi) is 2.88. The molecule has 0 bridgehead atoms. The Balaban J connectivity index is 1.94. The molecule has 0 amide bonds. The average molecular weight is 224 g/mol. The fourth-order valence-electron chi connectivity index (χ4n) is 2.39. The van der Waals surface area contributed by atoms with E-state index in [0.29, 0.717) is 6.04 Å². The molecule has 1 unspecified atom stereocenters. The normalized spacial score (nSPS) is 19.4. The lowest BCUT2D eigenvalue weighted by Crippen LogP contribution is -2.14. The summed E-state index contributed by atoms with van der Waals surface area (Å²) in [7, 11) is 0. The van der Waals surface area contributed by atoms with Crippen LogP contribution in [0.15, 0.2) is 48.7 Å². The molecule has 2 nitrogen and oxygen atoms in total. The highest BCUT2D eigenvalue weighted by molar-refractivity contribution is 5.63. The first-order chi connectivity index (χ1) is 8.43. The van der Waals surface area contributed by atoms with Crippen LogP contribution in [0.1, 0.15) is 24.6 Å². The van der Waals surface area contributed by atoms with Crippen molar-refractivity contribution in [3.05, 3.63) is 54.4 Å². The zero-order chi connectivity index (χ0) is 11.5. The third kappa shape index (κ3) is 2.22. The van der Waals surface area contributed by atoms with Gasteiger partial charge in [-0.15, -0.1) is 0 Å². The van der Waals surface area contributed by atoms with Gasteiger partial charge in [0, 0.05) is 12.2 Å². The molecule has 1 aromatic carbocycles. The van der Waals surface area contributed by atoms with Crippen LogP contribution in [0, 0.1) is 0 Å². The van der Waals surface area contributed by atoms with Crippen LogP contribution >= 0.6 is 0 Å². The standard InChI is InChI=1S/C15H16N2/c1-2-5-12(6-3-1)13-8-10-17-15(11-13)14-7-4-9-16-14/h1-3,5-6,8,10-11,14,16H,4,7,9H2. The molecule has 17 heavy (non-hydrogen) atoms. The van der Waals surface area contributed by atoms with E-state index >= 15 is 0 Å². The summed E-state index contributed by atoms with van der Waals surface area (Å²) in [6.45, 7) is 1.11. The number of nitrogens with zero attached hydrogens (tertiary/aromatic N) is 1. The van der Waals surface area contributed by atoms with Crippen LogP contribution in [0.4, 0.5) is 0 Å². The Bertz CT molecular complexity index is 487. The maximum absolute atomic E-state index is 4.48. The molecular formula is C15H16N2. The van der Waals surface area contributed by atoms with E-state index in [1.807, 2.05) is 12.3 Å². The number of rotatable bonds is 2. The molecule has 3 rings (SSSR count). The van der Waals surface area contributed by atoms with Crippen molar-refractivity contribution < 1.29 is 0 Å². The summed E-state index contributed by atoms with van der Waals surface area (Å²) in [6, 6.07) is 15.2. The van der Waals surface area contributed by atoms with Gasteiger partial charge in [0.15, 0.2) is 0 Å². The molecule has 0 radical (unpaired) electrons. The highest BCUT2D eigenvalue weighted by Gasteiger charge is 2.17. The second-order valence-electron chi connectivity index (χ2n) is 4.48. The summed E-state index contributed by atoms with van der Waals surface area (Å²) in [4.78, 5) is 4.48. The van der Waals surface area contributed by atoms with Gasteiger partial charge < -0.3 is 5.32 Å². The Labute approximate surface area is 102 Å². The highest BCUT2D eigenvalue weighted by atomic mass is 15.0. The molecule has 1 aromatic heterocycles. The van der Waals surface area contributed by atoms with Gasteiger partial charge in [0.2, 0.25) is 0 Å². The number of pyridine rings is 1. The summed E-state index contributed by atoms with van der Waals surface area (Å²) in [5.41, 5.74) is 3.68. The Morgan fingerprint density at radius 3 is 2.71 bits per heavy atom. The molecular weight excluding hydrogens is 208 g/mol. The largest absolute Gasteiger partial charge is 0.309 e. The molecule has 1 saturated heterocycles. The SMILES string of the molecule is c1ccc(-c2ccnc(C3CCCN3)c2)cc1. The maximum atomic E-state index is 4.48. The van der Waals surface area contributed by atoms with E-state index in [0.717, 1.165) is 6.54 Å². The molecule has 0 saturated carbocycles. The van der Waals surface area contributed by atoms with Gasteiger partial charge >= 0.3 is 0 Å². The van der Waals surface area contributed by atoms with Crippen LogP contribution in [0.3, 0.4) is 0 Å². The van der Waals surface area contributed by atoms with Crippen LogP contribution in [0.2, 0.25) is 0 Å². The predicted octanol–water partition coefficient (Wildman–Crippen LogP) is 3.17. The topological polar surface area (TPSA) is 24.9 Å². The van der Waals surface area contributed by atoms with E-state index in [-0.39, 0.29) is 0 Å². The first kappa shape index (κ1) is 10.5. The third-order valence-electron chi connectivity index (χ3n) is 3.31. The number of nitrogens with one attached hydrogen (secondary N) is 1. The first-order valence-electron chi connectivity index (χ1n) is 6.18. The summed E-state index contributed by atoms with van der Waals surface area (Å²) < 4.78 is 0. The lowest BCUT2D eigenvalue weighted by atomic mass is 10.0. The second kappa shape index (κ2) is 4.68. The smallest absolute Gasteiger partial charge is 0.0579 e. The van der Waals surface area contributed by atoms with Gasteiger partial charge in [0.1, 0.15) is 0 Å². The van der Waals surface area contributed by atoms with Gasteiger partial charge in [-0.25, -0.2) is 0 Å². The van der Waals surface area contributed by atoms with Crippen LogP contribution in [-0.4, -0.2) is 11.5 Å². The fraction of sp³-hybridized carbons (Fsp3) is 0.267. The van der Waals surface area contributed by atoms with E-state index in [1.165, 1.54) is 29.7 Å². The number of benzene rings is 1. The number of hydrogen-bond donors (Lipinski definition) is 1. The van der Waals surface area contributed by atoms with E-state index in [2.05, 4.69) is 46.7 Å². The molecule has 1 fully saturated rings. The van der Waals surface area contributed by atoms with Gasteiger partial charge in [0.05, 0.1) is 5.69 Å². The molecule has 1 aliphatic rings. The first-order valence-corrected chi connectivity index (χ1v) is 6.18. The maximum Gasteiger partial charge on any atom is 0.0579 e. The van der Waals surface area contributed by atoms with Crippen molar-refractivity contribution in [2.45, 2.75) is 18.9 Å². The molecule has 0 aliphatic carbocycles. The van der Waals surface area contributed by atoms with Gasteiger partial charge in [-0.1, -0.05) is 30.3 Å². The summed E-state index contributed by atoms with van der Waals surface area (Å²) in [5, 5.41) is 3.49. The molecule has 2 aromatic rings. The molecule has 86 valence electrons. The number of aromatic nitrogens is 1. The van der Waals surface area contributed by atoms with Gasteiger partial charge in [-0.3, -0.25) is 4.98 Å². The predicted molar refractivity (Wildman–Crippen MR) is 69.7 cm³/mol. The van der Waals surface area contributed by atoms with Crippen molar-refractivity contribution in [1.29, 1.82) is 0 Å². The zero-order valence-electron chi connectivity index (χ0n) is 9.76. The lowest BCUT2D eigenvalue weighted by Gasteiger charge is -2.10. The Morgan fingerprint density at radius 2 is 1.94 bits per heavy atom. The zero-order valence-corrected chi connectivity index (χ0v) is 9.76. The van der Waals surface area contributed by atoms with Crippen molar-refractivity contribution >= 4 is 0 Å². The van der Waals surface area contributed by atoms with Gasteiger partial charge in [0.25, 0.3) is 0 Å². The third-order valence-corrected chi connectivity index (χ3v) is 3.31. The minimum atomic E-state index is 0.443. The van der Waals surface area contributed by atoms with Crippen LogP contribution in [0.5, 0.6) is 0 Å². The highest BCUT2D eigenvalue weighted by Crippen LogP contribution is 2.25. The van der Waals surface area contributed by atoms with Crippen molar-refractivity contribution in [3.63, 3.8) is 0 Å².